The Morgan fingerprint density at radius 2 is 1.77 bits per heavy atom. The number of hydrogen-bond acceptors (Lipinski definition) is 6. The maximum Gasteiger partial charge on any atom is 0.173 e. The molecule has 2 aromatic carbocycles. The number of benzene rings is 2. The van der Waals surface area contributed by atoms with Gasteiger partial charge in [0.25, 0.3) is 0 Å². The molecule has 31 heavy (non-hydrogen) atoms. The van der Waals surface area contributed by atoms with Crippen molar-refractivity contribution in [2.75, 3.05) is 44.8 Å². The minimum Gasteiger partial charge on any atom is -0.383 e. The highest BCUT2D eigenvalue weighted by atomic mass is 35.5. The third kappa shape index (κ3) is 4.89. The van der Waals surface area contributed by atoms with E-state index < -0.39 is 0 Å². The van der Waals surface area contributed by atoms with E-state index in [1.54, 1.807) is 7.11 Å². The zero-order valence-electron chi connectivity index (χ0n) is 18.3. The maximum atomic E-state index is 6.16. The first-order chi connectivity index (χ1) is 15.1. The summed E-state index contributed by atoms with van der Waals surface area (Å²) in [6.07, 6.45) is 0. The third-order valence-electron chi connectivity index (χ3n) is 5.88. The number of ether oxygens (including phenoxy) is 1. The van der Waals surface area contributed by atoms with Gasteiger partial charge >= 0.3 is 0 Å². The monoisotopic (exact) mass is 440 g/mol. The fraction of sp³-hybridized carbons (Fsp3) is 0.435. The summed E-state index contributed by atoms with van der Waals surface area (Å²) in [6.45, 7) is 9.24. The largest absolute Gasteiger partial charge is 0.383 e. The second kappa shape index (κ2) is 9.77. The van der Waals surface area contributed by atoms with Crippen LogP contribution in [0.2, 0.25) is 5.02 Å². The van der Waals surface area contributed by atoms with Crippen molar-refractivity contribution in [1.82, 2.24) is 25.1 Å². The SMILES string of the molecule is COCCn1nnnc1C(c1ccc(Cl)cc1)N1CCN(c2cc(C)ccc2C)CC1. The number of aromatic nitrogens is 4. The summed E-state index contributed by atoms with van der Waals surface area (Å²) in [5.74, 6) is 0.833. The molecule has 1 aromatic heterocycles. The lowest BCUT2D eigenvalue weighted by Crippen LogP contribution is -2.48. The van der Waals surface area contributed by atoms with Crippen molar-refractivity contribution in [3.05, 3.63) is 70.0 Å². The molecule has 1 aliphatic heterocycles. The summed E-state index contributed by atoms with van der Waals surface area (Å²) >= 11 is 6.16. The van der Waals surface area contributed by atoms with E-state index in [0.29, 0.717) is 13.2 Å². The molecule has 0 amide bonds. The van der Waals surface area contributed by atoms with Crippen LogP contribution in [0.3, 0.4) is 0 Å². The number of tetrazole rings is 1. The fourth-order valence-electron chi connectivity index (χ4n) is 4.19. The van der Waals surface area contributed by atoms with Crippen LogP contribution in [0.4, 0.5) is 5.69 Å². The maximum absolute atomic E-state index is 6.16. The first-order valence-corrected chi connectivity index (χ1v) is 11.0. The van der Waals surface area contributed by atoms with Gasteiger partial charge < -0.3 is 9.64 Å². The van der Waals surface area contributed by atoms with Crippen LogP contribution in [0.25, 0.3) is 0 Å². The topological polar surface area (TPSA) is 59.3 Å². The predicted molar refractivity (Wildman–Crippen MR) is 123 cm³/mol. The predicted octanol–water partition coefficient (Wildman–Crippen LogP) is 3.50. The van der Waals surface area contributed by atoms with Crippen molar-refractivity contribution < 1.29 is 4.74 Å². The summed E-state index contributed by atoms with van der Waals surface area (Å²) in [6, 6.07) is 14.6. The van der Waals surface area contributed by atoms with Crippen LogP contribution < -0.4 is 4.90 Å². The lowest BCUT2D eigenvalue weighted by atomic mass is 10.0. The highest BCUT2D eigenvalue weighted by Gasteiger charge is 2.31. The Morgan fingerprint density at radius 3 is 2.48 bits per heavy atom. The van der Waals surface area contributed by atoms with Crippen LogP contribution in [0.5, 0.6) is 0 Å². The van der Waals surface area contributed by atoms with Gasteiger partial charge in [0.05, 0.1) is 19.2 Å². The summed E-state index contributed by atoms with van der Waals surface area (Å²) < 4.78 is 7.09. The molecule has 3 aromatic rings. The molecule has 0 saturated carbocycles. The van der Waals surface area contributed by atoms with Gasteiger partial charge in [-0.3, -0.25) is 4.90 Å². The number of methoxy groups -OCH3 is 1. The minimum atomic E-state index is -0.0371. The summed E-state index contributed by atoms with van der Waals surface area (Å²) in [5.41, 5.74) is 5.07. The van der Waals surface area contributed by atoms with E-state index in [1.807, 2.05) is 16.8 Å². The average molecular weight is 441 g/mol. The number of hydrogen-bond donors (Lipinski definition) is 0. The number of halogens is 1. The molecule has 0 radical (unpaired) electrons. The zero-order valence-corrected chi connectivity index (χ0v) is 19.1. The summed E-state index contributed by atoms with van der Waals surface area (Å²) in [5, 5.41) is 13.3. The van der Waals surface area contributed by atoms with Gasteiger partial charge in [-0.15, -0.1) is 5.10 Å². The lowest BCUT2D eigenvalue weighted by Gasteiger charge is -2.40. The standard InChI is InChI=1S/C23H29ClN6O/c1-17-4-5-18(2)21(16-17)28-10-12-29(13-11-28)22(19-6-8-20(24)9-7-19)23-25-26-27-30(23)14-15-31-3/h4-9,16,22H,10-15H2,1-3H3. The Labute approximate surface area is 188 Å². The molecule has 2 heterocycles. The van der Waals surface area contributed by atoms with Gasteiger partial charge in [0.1, 0.15) is 0 Å². The van der Waals surface area contributed by atoms with Crippen molar-refractivity contribution in [3.8, 4) is 0 Å². The van der Waals surface area contributed by atoms with Crippen LogP contribution in [0, 0.1) is 13.8 Å². The van der Waals surface area contributed by atoms with Gasteiger partial charge in [-0.25, -0.2) is 4.68 Å². The molecule has 7 nitrogen and oxygen atoms in total. The molecular formula is C23H29ClN6O. The second-order valence-electron chi connectivity index (χ2n) is 8.02. The van der Waals surface area contributed by atoms with Crippen molar-refractivity contribution in [3.63, 3.8) is 0 Å². The molecule has 1 atom stereocenters. The van der Waals surface area contributed by atoms with Crippen molar-refractivity contribution in [1.29, 1.82) is 0 Å². The van der Waals surface area contributed by atoms with E-state index in [0.717, 1.165) is 42.6 Å². The number of piperazine rings is 1. The Kier molecular flexibility index (Phi) is 6.85. The molecule has 164 valence electrons. The van der Waals surface area contributed by atoms with Crippen molar-refractivity contribution >= 4 is 17.3 Å². The van der Waals surface area contributed by atoms with E-state index in [4.69, 9.17) is 16.3 Å². The van der Waals surface area contributed by atoms with Crippen LogP contribution in [0.15, 0.2) is 42.5 Å². The third-order valence-corrected chi connectivity index (χ3v) is 6.13. The Balaban J connectivity index is 1.59. The van der Waals surface area contributed by atoms with E-state index in [1.165, 1.54) is 16.8 Å². The van der Waals surface area contributed by atoms with Gasteiger partial charge in [-0.05, 0) is 59.2 Å². The summed E-state index contributed by atoms with van der Waals surface area (Å²) in [4.78, 5) is 4.94. The highest BCUT2D eigenvalue weighted by molar-refractivity contribution is 6.30. The molecule has 0 bridgehead atoms. The number of aryl methyl sites for hydroxylation is 2. The van der Waals surface area contributed by atoms with E-state index in [9.17, 15) is 0 Å². The molecular weight excluding hydrogens is 412 g/mol. The smallest absolute Gasteiger partial charge is 0.173 e. The Hall–Kier alpha value is -2.48. The molecule has 1 saturated heterocycles. The number of rotatable bonds is 7. The number of anilines is 1. The van der Waals surface area contributed by atoms with Crippen LogP contribution >= 0.6 is 11.6 Å². The van der Waals surface area contributed by atoms with E-state index >= 15 is 0 Å². The molecule has 0 spiro atoms. The molecule has 1 unspecified atom stereocenters. The quantitative estimate of drug-likeness (QED) is 0.560. The van der Waals surface area contributed by atoms with Crippen LogP contribution in [-0.2, 0) is 11.3 Å². The summed E-state index contributed by atoms with van der Waals surface area (Å²) in [7, 11) is 1.69. The minimum absolute atomic E-state index is 0.0371. The fourth-order valence-corrected chi connectivity index (χ4v) is 4.32. The molecule has 0 N–H and O–H groups in total. The molecule has 0 aliphatic carbocycles. The second-order valence-corrected chi connectivity index (χ2v) is 8.46. The average Bonchev–Trinajstić information content (AvgIpc) is 3.24. The number of nitrogens with zero attached hydrogens (tertiary/aromatic N) is 6. The van der Waals surface area contributed by atoms with E-state index in [-0.39, 0.29) is 6.04 Å². The zero-order chi connectivity index (χ0) is 21.8. The normalized spacial score (nSPS) is 15.9. The van der Waals surface area contributed by atoms with Gasteiger partial charge in [0, 0.05) is 44.0 Å². The van der Waals surface area contributed by atoms with Gasteiger partial charge in [0.15, 0.2) is 5.82 Å². The van der Waals surface area contributed by atoms with Crippen molar-refractivity contribution in [2.24, 2.45) is 0 Å². The molecule has 4 rings (SSSR count). The first kappa shape index (κ1) is 21.7. The highest BCUT2D eigenvalue weighted by Crippen LogP contribution is 2.31. The molecule has 1 aliphatic rings. The van der Waals surface area contributed by atoms with E-state index in [2.05, 4.69) is 69.5 Å². The van der Waals surface area contributed by atoms with Gasteiger partial charge in [0.2, 0.25) is 0 Å². The lowest BCUT2D eigenvalue weighted by molar-refractivity contribution is 0.171. The first-order valence-electron chi connectivity index (χ1n) is 10.6. The van der Waals surface area contributed by atoms with Crippen LogP contribution in [0.1, 0.15) is 28.6 Å². The van der Waals surface area contributed by atoms with Gasteiger partial charge in [-0.2, -0.15) is 0 Å². The van der Waals surface area contributed by atoms with Crippen molar-refractivity contribution in [2.45, 2.75) is 26.4 Å². The Bertz CT molecular complexity index is 998. The van der Waals surface area contributed by atoms with Gasteiger partial charge in [-0.1, -0.05) is 35.9 Å². The molecule has 8 heteroatoms. The Morgan fingerprint density at radius 1 is 1.03 bits per heavy atom. The van der Waals surface area contributed by atoms with Crippen LogP contribution in [-0.4, -0.2) is 65.0 Å². The molecule has 1 fully saturated rings.